The number of nitrogens with one attached hydrogen (secondary N) is 1. The molecule has 1 amide bonds. The number of carbonyl (C=O) groups excluding carboxylic acids is 1. The van der Waals surface area contributed by atoms with Crippen molar-refractivity contribution in [2.45, 2.75) is 11.7 Å². The van der Waals surface area contributed by atoms with Crippen LogP contribution in [-0.2, 0) is 11.2 Å². The van der Waals surface area contributed by atoms with Gasteiger partial charge in [-0.3, -0.25) is 10.1 Å². The Hall–Kier alpha value is -2.41. The number of aromatic nitrogens is 4. The number of hydrogen-bond donors (Lipinski definition) is 1. The van der Waals surface area contributed by atoms with E-state index in [4.69, 9.17) is 0 Å². The second-order valence-corrected chi connectivity index (χ2v) is 6.20. The molecule has 0 bridgehead atoms. The Morgan fingerprint density at radius 3 is 3.14 bits per heavy atom. The zero-order chi connectivity index (χ0) is 14.9. The SMILES string of the molecule is O=C(Nc1nc2ncccn2n1)[C@H]1SCCc2ccccc21. The van der Waals surface area contributed by atoms with Gasteiger partial charge in [-0.05, 0) is 29.4 Å². The van der Waals surface area contributed by atoms with Gasteiger partial charge in [-0.1, -0.05) is 24.3 Å². The first-order chi connectivity index (χ1) is 10.8. The van der Waals surface area contributed by atoms with Gasteiger partial charge in [0.15, 0.2) is 0 Å². The first kappa shape index (κ1) is 13.3. The van der Waals surface area contributed by atoms with E-state index in [1.807, 2.05) is 18.2 Å². The molecule has 3 aromatic rings. The summed E-state index contributed by atoms with van der Waals surface area (Å²) in [6.07, 6.45) is 4.39. The molecular formula is C15H13N5OS. The van der Waals surface area contributed by atoms with Crippen molar-refractivity contribution in [2.75, 3.05) is 11.1 Å². The molecule has 1 N–H and O–H groups in total. The molecule has 7 heteroatoms. The first-order valence-corrected chi connectivity index (χ1v) is 8.04. The van der Waals surface area contributed by atoms with Crippen LogP contribution in [0.3, 0.4) is 0 Å². The van der Waals surface area contributed by atoms with Crippen molar-refractivity contribution in [2.24, 2.45) is 0 Å². The van der Waals surface area contributed by atoms with Crippen molar-refractivity contribution in [3.8, 4) is 0 Å². The molecule has 1 aliphatic rings. The van der Waals surface area contributed by atoms with Crippen molar-refractivity contribution in [1.29, 1.82) is 0 Å². The average molecular weight is 311 g/mol. The summed E-state index contributed by atoms with van der Waals surface area (Å²) in [5, 5.41) is 6.79. The number of rotatable bonds is 2. The Morgan fingerprint density at radius 1 is 1.32 bits per heavy atom. The molecule has 22 heavy (non-hydrogen) atoms. The molecule has 0 fully saturated rings. The second-order valence-electron chi connectivity index (χ2n) is 4.99. The third-order valence-electron chi connectivity index (χ3n) is 3.58. The van der Waals surface area contributed by atoms with Crippen LogP contribution in [0.2, 0.25) is 0 Å². The standard InChI is InChI=1S/C15H13N5OS/c21-13(12-11-5-2-1-4-10(11)6-9-22-12)17-14-18-15-16-7-3-8-20(15)19-14/h1-5,7-8,12H,6,9H2,(H,17,19,21)/t12-/m0/s1. The average Bonchev–Trinajstić information content (AvgIpc) is 2.96. The quantitative estimate of drug-likeness (QED) is 0.784. The van der Waals surface area contributed by atoms with Crippen LogP contribution in [0, 0.1) is 0 Å². The monoisotopic (exact) mass is 311 g/mol. The van der Waals surface area contributed by atoms with Crippen LogP contribution in [0.15, 0.2) is 42.7 Å². The fourth-order valence-corrected chi connectivity index (χ4v) is 3.77. The lowest BCUT2D eigenvalue weighted by Crippen LogP contribution is -2.23. The third kappa shape index (κ3) is 2.33. The first-order valence-electron chi connectivity index (χ1n) is 6.99. The molecule has 1 aromatic carbocycles. The molecule has 1 atom stereocenters. The van der Waals surface area contributed by atoms with Crippen LogP contribution < -0.4 is 5.32 Å². The van der Waals surface area contributed by atoms with Gasteiger partial charge in [-0.15, -0.1) is 16.9 Å². The number of amides is 1. The van der Waals surface area contributed by atoms with Crippen LogP contribution >= 0.6 is 11.8 Å². The highest BCUT2D eigenvalue weighted by Crippen LogP contribution is 2.37. The minimum atomic E-state index is -0.218. The van der Waals surface area contributed by atoms with E-state index >= 15 is 0 Å². The molecule has 110 valence electrons. The van der Waals surface area contributed by atoms with Crippen LogP contribution in [0.4, 0.5) is 5.95 Å². The van der Waals surface area contributed by atoms with Gasteiger partial charge in [0.1, 0.15) is 5.25 Å². The predicted octanol–water partition coefficient (Wildman–Crippen LogP) is 2.09. The number of benzene rings is 1. The van der Waals surface area contributed by atoms with Crippen molar-refractivity contribution < 1.29 is 4.79 Å². The maximum absolute atomic E-state index is 12.6. The number of thioether (sulfide) groups is 1. The molecule has 1 aliphatic heterocycles. The number of nitrogens with zero attached hydrogens (tertiary/aromatic N) is 4. The normalized spacial score (nSPS) is 17.2. The van der Waals surface area contributed by atoms with E-state index < -0.39 is 0 Å². The molecule has 0 saturated heterocycles. The molecule has 2 aromatic heterocycles. The largest absolute Gasteiger partial charge is 0.292 e. The molecule has 3 heterocycles. The minimum Gasteiger partial charge on any atom is -0.292 e. The van der Waals surface area contributed by atoms with Gasteiger partial charge in [0, 0.05) is 12.4 Å². The lowest BCUT2D eigenvalue weighted by molar-refractivity contribution is -0.115. The molecule has 0 spiro atoms. The maximum atomic E-state index is 12.6. The van der Waals surface area contributed by atoms with Crippen LogP contribution in [0.1, 0.15) is 16.4 Å². The topological polar surface area (TPSA) is 72.2 Å². The van der Waals surface area contributed by atoms with Crippen molar-refractivity contribution in [1.82, 2.24) is 19.6 Å². The Bertz CT molecular complexity index is 814. The summed E-state index contributed by atoms with van der Waals surface area (Å²) in [6.45, 7) is 0. The molecule has 0 saturated carbocycles. The zero-order valence-electron chi connectivity index (χ0n) is 11.6. The van der Waals surface area contributed by atoms with E-state index in [1.165, 1.54) is 10.1 Å². The maximum Gasteiger partial charge on any atom is 0.253 e. The lowest BCUT2D eigenvalue weighted by Gasteiger charge is -2.23. The van der Waals surface area contributed by atoms with Crippen molar-refractivity contribution >= 4 is 29.4 Å². The fraction of sp³-hybridized carbons (Fsp3) is 0.200. The van der Waals surface area contributed by atoms with Gasteiger partial charge in [0.2, 0.25) is 5.91 Å². The molecule has 0 aliphatic carbocycles. The number of hydrogen-bond acceptors (Lipinski definition) is 5. The van der Waals surface area contributed by atoms with Crippen molar-refractivity contribution in [3.05, 3.63) is 53.9 Å². The van der Waals surface area contributed by atoms with Gasteiger partial charge >= 0.3 is 0 Å². The summed E-state index contributed by atoms with van der Waals surface area (Å²) in [4.78, 5) is 20.9. The van der Waals surface area contributed by atoms with E-state index in [-0.39, 0.29) is 17.1 Å². The molecular weight excluding hydrogens is 298 g/mol. The Kier molecular flexibility index (Phi) is 3.27. The highest BCUT2D eigenvalue weighted by molar-refractivity contribution is 8.00. The van der Waals surface area contributed by atoms with E-state index in [0.29, 0.717) is 5.78 Å². The van der Waals surface area contributed by atoms with Gasteiger partial charge in [0.05, 0.1) is 0 Å². The Balaban J connectivity index is 1.60. The van der Waals surface area contributed by atoms with Gasteiger partial charge in [-0.25, -0.2) is 9.50 Å². The summed E-state index contributed by atoms with van der Waals surface area (Å²) < 4.78 is 1.54. The smallest absolute Gasteiger partial charge is 0.253 e. The predicted molar refractivity (Wildman–Crippen MR) is 84.8 cm³/mol. The number of carbonyl (C=O) groups is 1. The Labute approximate surface area is 131 Å². The summed E-state index contributed by atoms with van der Waals surface area (Å²) in [7, 11) is 0. The number of anilines is 1. The second kappa shape index (κ2) is 5.42. The number of fused-ring (bicyclic) bond motifs is 2. The van der Waals surface area contributed by atoms with Crippen LogP contribution in [0.5, 0.6) is 0 Å². The Morgan fingerprint density at radius 2 is 2.23 bits per heavy atom. The van der Waals surface area contributed by atoms with E-state index in [0.717, 1.165) is 17.7 Å². The summed E-state index contributed by atoms with van der Waals surface area (Å²) in [6, 6.07) is 9.85. The molecule has 4 rings (SSSR count). The van der Waals surface area contributed by atoms with Gasteiger partial charge in [-0.2, -0.15) is 4.98 Å². The minimum absolute atomic E-state index is 0.0898. The fourth-order valence-electron chi connectivity index (χ4n) is 2.57. The highest BCUT2D eigenvalue weighted by atomic mass is 32.2. The van der Waals surface area contributed by atoms with Gasteiger partial charge < -0.3 is 0 Å². The van der Waals surface area contributed by atoms with E-state index in [9.17, 15) is 4.79 Å². The summed E-state index contributed by atoms with van der Waals surface area (Å²) >= 11 is 1.65. The van der Waals surface area contributed by atoms with E-state index in [2.05, 4.69) is 26.4 Å². The van der Waals surface area contributed by atoms with Crippen LogP contribution in [-0.4, -0.2) is 31.2 Å². The van der Waals surface area contributed by atoms with Crippen LogP contribution in [0.25, 0.3) is 5.78 Å². The van der Waals surface area contributed by atoms with Crippen molar-refractivity contribution in [3.63, 3.8) is 0 Å². The molecule has 6 nitrogen and oxygen atoms in total. The highest BCUT2D eigenvalue weighted by Gasteiger charge is 2.27. The lowest BCUT2D eigenvalue weighted by atomic mass is 10.0. The molecule has 0 unspecified atom stereocenters. The third-order valence-corrected chi connectivity index (χ3v) is 4.82. The number of aryl methyl sites for hydroxylation is 1. The summed E-state index contributed by atoms with van der Waals surface area (Å²) in [5.74, 6) is 1.60. The summed E-state index contributed by atoms with van der Waals surface area (Å²) in [5.41, 5.74) is 2.32. The van der Waals surface area contributed by atoms with Gasteiger partial charge in [0.25, 0.3) is 11.7 Å². The molecule has 0 radical (unpaired) electrons. The zero-order valence-corrected chi connectivity index (χ0v) is 12.5. The van der Waals surface area contributed by atoms with E-state index in [1.54, 1.807) is 30.2 Å².